The minimum Gasteiger partial charge on any atom is -0.441 e. The lowest BCUT2D eigenvalue weighted by molar-refractivity contribution is -0.130. The van der Waals surface area contributed by atoms with E-state index in [4.69, 9.17) is 4.42 Å². The van der Waals surface area contributed by atoms with Gasteiger partial charge in [0.2, 0.25) is 11.8 Å². The standard InChI is InChI=1S/C18H20N4O3/c1-11(2)15-10-19-18(25-15)12-4-6-13(7-5-12)20-17(24)14-8-9-16(23)22(3)21-14/h4-7,10-11H,8-9H2,1-3H3,(H,20,24). The third-order valence-electron chi connectivity index (χ3n) is 3.95. The Labute approximate surface area is 145 Å². The molecule has 7 heteroatoms. The fourth-order valence-electron chi connectivity index (χ4n) is 2.42. The highest BCUT2D eigenvalue weighted by Crippen LogP contribution is 2.24. The zero-order chi connectivity index (χ0) is 18.0. The molecule has 1 aromatic carbocycles. The molecule has 0 unspecified atom stereocenters. The highest BCUT2D eigenvalue weighted by atomic mass is 16.4. The lowest BCUT2D eigenvalue weighted by atomic mass is 10.1. The van der Waals surface area contributed by atoms with Gasteiger partial charge in [-0.2, -0.15) is 5.10 Å². The van der Waals surface area contributed by atoms with Crippen LogP contribution in [0.4, 0.5) is 5.69 Å². The summed E-state index contributed by atoms with van der Waals surface area (Å²) in [7, 11) is 1.55. The van der Waals surface area contributed by atoms with Gasteiger partial charge in [-0.3, -0.25) is 9.59 Å². The molecular weight excluding hydrogens is 320 g/mol. The van der Waals surface area contributed by atoms with Gasteiger partial charge in [-0.05, 0) is 24.3 Å². The molecule has 25 heavy (non-hydrogen) atoms. The fourth-order valence-corrected chi connectivity index (χ4v) is 2.42. The average molecular weight is 340 g/mol. The predicted octanol–water partition coefficient (Wildman–Crippen LogP) is 3.01. The molecular formula is C18H20N4O3. The van der Waals surface area contributed by atoms with Crippen LogP contribution in [0.3, 0.4) is 0 Å². The summed E-state index contributed by atoms with van der Waals surface area (Å²) < 4.78 is 5.71. The third kappa shape index (κ3) is 3.76. The SMILES string of the molecule is CC(C)c1cnc(-c2ccc(NC(=O)C3=NN(C)C(=O)CC3)cc2)o1. The van der Waals surface area contributed by atoms with E-state index in [1.165, 1.54) is 5.01 Å². The number of nitrogens with zero attached hydrogens (tertiary/aromatic N) is 3. The molecule has 130 valence electrons. The van der Waals surface area contributed by atoms with Gasteiger partial charge in [-0.25, -0.2) is 9.99 Å². The van der Waals surface area contributed by atoms with Crippen molar-refractivity contribution in [2.24, 2.45) is 5.10 Å². The molecule has 1 aliphatic heterocycles. The lowest BCUT2D eigenvalue weighted by Crippen LogP contribution is -2.34. The van der Waals surface area contributed by atoms with Gasteiger partial charge < -0.3 is 9.73 Å². The molecule has 3 rings (SSSR count). The first-order chi connectivity index (χ1) is 11.9. The van der Waals surface area contributed by atoms with Gasteiger partial charge in [0.1, 0.15) is 11.5 Å². The van der Waals surface area contributed by atoms with Crippen molar-refractivity contribution < 1.29 is 14.0 Å². The first kappa shape index (κ1) is 16.9. The van der Waals surface area contributed by atoms with Gasteiger partial charge in [0, 0.05) is 37.1 Å². The van der Waals surface area contributed by atoms with Crippen LogP contribution in [0.5, 0.6) is 0 Å². The molecule has 0 saturated heterocycles. The molecule has 1 aliphatic rings. The number of anilines is 1. The Balaban J connectivity index is 1.69. The first-order valence-corrected chi connectivity index (χ1v) is 8.15. The number of aromatic nitrogens is 1. The highest BCUT2D eigenvalue weighted by Gasteiger charge is 2.22. The molecule has 7 nitrogen and oxygen atoms in total. The fraction of sp³-hybridized carbons (Fsp3) is 0.333. The average Bonchev–Trinajstić information content (AvgIpc) is 3.08. The lowest BCUT2D eigenvalue weighted by Gasteiger charge is -2.18. The topological polar surface area (TPSA) is 87.8 Å². The number of hydrogen-bond acceptors (Lipinski definition) is 5. The Bertz CT molecular complexity index is 821. The number of nitrogens with one attached hydrogen (secondary N) is 1. The van der Waals surface area contributed by atoms with Crippen molar-refractivity contribution >= 4 is 23.2 Å². The van der Waals surface area contributed by atoms with Crippen molar-refractivity contribution in [2.45, 2.75) is 32.6 Å². The summed E-state index contributed by atoms with van der Waals surface area (Å²) in [5, 5.41) is 8.00. The molecule has 0 aliphatic carbocycles. The Morgan fingerprint density at radius 2 is 1.96 bits per heavy atom. The molecule has 0 spiro atoms. The van der Waals surface area contributed by atoms with Crippen LogP contribution >= 0.6 is 0 Å². The van der Waals surface area contributed by atoms with Gasteiger partial charge in [0.25, 0.3) is 5.91 Å². The largest absolute Gasteiger partial charge is 0.441 e. The predicted molar refractivity (Wildman–Crippen MR) is 94.1 cm³/mol. The van der Waals surface area contributed by atoms with Gasteiger partial charge in [-0.15, -0.1) is 0 Å². The molecule has 0 saturated carbocycles. The van der Waals surface area contributed by atoms with E-state index in [9.17, 15) is 9.59 Å². The summed E-state index contributed by atoms with van der Waals surface area (Å²) in [6.07, 6.45) is 2.38. The Kier molecular flexibility index (Phi) is 4.65. The number of hydrazone groups is 1. The molecule has 0 fully saturated rings. The minimum atomic E-state index is -0.301. The van der Waals surface area contributed by atoms with Crippen molar-refractivity contribution in [1.82, 2.24) is 9.99 Å². The number of carbonyl (C=O) groups excluding carboxylic acids is 2. The van der Waals surface area contributed by atoms with Crippen LogP contribution in [0.15, 0.2) is 40.0 Å². The van der Waals surface area contributed by atoms with Crippen molar-refractivity contribution in [2.75, 3.05) is 12.4 Å². The minimum absolute atomic E-state index is 0.0902. The van der Waals surface area contributed by atoms with E-state index in [0.717, 1.165) is 11.3 Å². The van der Waals surface area contributed by atoms with Crippen LogP contribution in [0.25, 0.3) is 11.5 Å². The summed E-state index contributed by atoms with van der Waals surface area (Å²) in [4.78, 5) is 27.9. The highest BCUT2D eigenvalue weighted by molar-refractivity contribution is 6.43. The van der Waals surface area contributed by atoms with Crippen LogP contribution in [0.1, 0.15) is 38.4 Å². The summed E-state index contributed by atoms with van der Waals surface area (Å²) in [6, 6.07) is 7.24. The molecule has 2 aromatic rings. The molecule has 1 N–H and O–H groups in total. The second-order valence-corrected chi connectivity index (χ2v) is 6.22. The van der Waals surface area contributed by atoms with Crippen molar-refractivity contribution in [1.29, 1.82) is 0 Å². The number of amides is 2. The zero-order valence-corrected chi connectivity index (χ0v) is 14.4. The van der Waals surface area contributed by atoms with Gasteiger partial charge in [0.05, 0.1) is 6.20 Å². The van der Waals surface area contributed by atoms with Crippen LogP contribution in [-0.2, 0) is 9.59 Å². The Morgan fingerprint density at radius 1 is 1.24 bits per heavy atom. The Morgan fingerprint density at radius 3 is 2.56 bits per heavy atom. The number of rotatable bonds is 4. The van der Waals surface area contributed by atoms with E-state index in [1.807, 2.05) is 26.0 Å². The number of benzene rings is 1. The summed E-state index contributed by atoms with van der Waals surface area (Å²) in [6.45, 7) is 4.09. The maximum absolute atomic E-state index is 12.2. The van der Waals surface area contributed by atoms with Crippen molar-refractivity contribution in [3.8, 4) is 11.5 Å². The van der Waals surface area contributed by atoms with Gasteiger partial charge in [0.15, 0.2) is 0 Å². The van der Waals surface area contributed by atoms with Crippen molar-refractivity contribution in [3.63, 3.8) is 0 Å². The smallest absolute Gasteiger partial charge is 0.271 e. The van der Waals surface area contributed by atoms with E-state index in [-0.39, 0.29) is 17.7 Å². The molecule has 2 heterocycles. The summed E-state index contributed by atoms with van der Waals surface area (Å²) >= 11 is 0. The van der Waals surface area contributed by atoms with E-state index < -0.39 is 0 Å². The Hall–Kier alpha value is -2.96. The maximum Gasteiger partial charge on any atom is 0.271 e. The van der Waals surface area contributed by atoms with E-state index in [0.29, 0.717) is 30.1 Å². The summed E-state index contributed by atoms with van der Waals surface area (Å²) in [5.41, 5.74) is 1.83. The van der Waals surface area contributed by atoms with Gasteiger partial charge >= 0.3 is 0 Å². The van der Waals surface area contributed by atoms with E-state index in [1.54, 1.807) is 25.4 Å². The van der Waals surface area contributed by atoms with E-state index in [2.05, 4.69) is 15.4 Å². The quantitative estimate of drug-likeness (QED) is 0.926. The van der Waals surface area contributed by atoms with Crippen LogP contribution in [0, 0.1) is 0 Å². The number of carbonyl (C=O) groups is 2. The third-order valence-corrected chi connectivity index (χ3v) is 3.95. The van der Waals surface area contributed by atoms with Crippen LogP contribution < -0.4 is 5.32 Å². The maximum atomic E-state index is 12.2. The van der Waals surface area contributed by atoms with Crippen LogP contribution in [-0.4, -0.2) is 34.6 Å². The number of hydrogen-bond donors (Lipinski definition) is 1. The number of oxazole rings is 1. The van der Waals surface area contributed by atoms with Crippen molar-refractivity contribution in [3.05, 3.63) is 36.2 Å². The first-order valence-electron chi connectivity index (χ1n) is 8.15. The van der Waals surface area contributed by atoms with E-state index >= 15 is 0 Å². The molecule has 0 bridgehead atoms. The molecule has 0 radical (unpaired) electrons. The molecule has 1 aromatic heterocycles. The van der Waals surface area contributed by atoms with Crippen LogP contribution in [0.2, 0.25) is 0 Å². The second-order valence-electron chi connectivity index (χ2n) is 6.22. The monoisotopic (exact) mass is 340 g/mol. The summed E-state index contributed by atoms with van der Waals surface area (Å²) in [5.74, 6) is 1.28. The molecule has 2 amide bonds. The zero-order valence-electron chi connectivity index (χ0n) is 14.4. The normalized spacial score (nSPS) is 14.6. The molecule has 0 atom stereocenters. The second kappa shape index (κ2) is 6.88. The van der Waals surface area contributed by atoms with Gasteiger partial charge in [-0.1, -0.05) is 13.8 Å².